The Labute approximate surface area is 120 Å². The molecule has 1 aromatic heterocycles. The molecule has 0 aliphatic heterocycles. The standard InChI is InChI=1S/C13H15N3O5/c14-10(17)8-21-7-6-16-13(20)12-9(2-1-5-15-12)3-4-11(18)19/h1-5H,6-8H2,(H2,14,17)(H,16,20)(H,18,19)/b4-3+. The van der Waals surface area contributed by atoms with Gasteiger partial charge in [0.2, 0.25) is 5.91 Å². The van der Waals surface area contributed by atoms with Crippen LogP contribution in [0, 0.1) is 0 Å². The van der Waals surface area contributed by atoms with Gasteiger partial charge in [0, 0.05) is 24.4 Å². The number of hydrogen-bond acceptors (Lipinski definition) is 5. The van der Waals surface area contributed by atoms with Crippen molar-refractivity contribution in [1.82, 2.24) is 10.3 Å². The number of hydrogen-bond donors (Lipinski definition) is 3. The van der Waals surface area contributed by atoms with E-state index in [0.29, 0.717) is 5.56 Å². The van der Waals surface area contributed by atoms with Crippen LogP contribution in [0.1, 0.15) is 16.1 Å². The zero-order valence-corrected chi connectivity index (χ0v) is 11.1. The number of nitrogens with zero attached hydrogens (tertiary/aromatic N) is 1. The van der Waals surface area contributed by atoms with Crippen LogP contribution in [-0.4, -0.2) is 47.6 Å². The summed E-state index contributed by atoms with van der Waals surface area (Å²) >= 11 is 0. The molecule has 1 aromatic rings. The number of carboxylic acid groups (broad SMARTS) is 1. The predicted molar refractivity (Wildman–Crippen MR) is 73.3 cm³/mol. The third kappa shape index (κ3) is 6.30. The maximum atomic E-state index is 11.9. The first-order chi connectivity index (χ1) is 10.0. The Morgan fingerprint density at radius 2 is 2.19 bits per heavy atom. The second kappa shape index (κ2) is 8.43. The van der Waals surface area contributed by atoms with E-state index in [-0.39, 0.29) is 25.5 Å². The second-order valence-corrected chi connectivity index (χ2v) is 3.89. The minimum absolute atomic E-state index is 0.102. The molecule has 0 fully saturated rings. The van der Waals surface area contributed by atoms with E-state index >= 15 is 0 Å². The first-order valence-corrected chi connectivity index (χ1v) is 6.01. The molecule has 8 heteroatoms. The zero-order valence-electron chi connectivity index (χ0n) is 11.1. The average Bonchev–Trinajstić information content (AvgIpc) is 2.44. The van der Waals surface area contributed by atoms with Gasteiger partial charge in [-0.2, -0.15) is 0 Å². The van der Waals surface area contributed by atoms with E-state index in [0.717, 1.165) is 6.08 Å². The summed E-state index contributed by atoms with van der Waals surface area (Å²) in [7, 11) is 0. The van der Waals surface area contributed by atoms with E-state index in [1.54, 1.807) is 12.1 Å². The van der Waals surface area contributed by atoms with Crippen molar-refractivity contribution in [3.05, 3.63) is 35.7 Å². The van der Waals surface area contributed by atoms with Crippen molar-refractivity contribution < 1.29 is 24.2 Å². The van der Waals surface area contributed by atoms with Gasteiger partial charge in [0.15, 0.2) is 0 Å². The van der Waals surface area contributed by atoms with Gasteiger partial charge in [-0.05, 0) is 12.1 Å². The number of carboxylic acids is 1. The van der Waals surface area contributed by atoms with Gasteiger partial charge in [-0.3, -0.25) is 14.6 Å². The highest BCUT2D eigenvalue weighted by molar-refractivity contribution is 5.97. The van der Waals surface area contributed by atoms with Crippen molar-refractivity contribution in [3.8, 4) is 0 Å². The number of nitrogens with two attached hydrogens (primary N) is 1. The number of rotatable bonds is 8. The Morgan fingerprint density at radius 3 is 2.86 bits per heavy atom. The fraction of sp³-hybridized carbons (Fsp3) is 0.231. The van der Waals surface area contributed by atoms with Crippen LogP contribution in [-0.2, 0) is 14.3 Å². The zero-order chi connectivity index (χ0) is 15.7. The summed E-state index contributed by atoms with van der Waals surface area (Å²) in [6.07, 6.45) is 3.63. The highest BCUT2D eigenvalue weighted by Gasteiger charge is 2.10. The quantitative estimate of drug-likeness (QED) is 0.433. The molecule has 2 amide bonds. The summed E-state index contributed by atoms with van der Waals surface area (Å²) in [5.74, 6) is -2.18. The molecular weight excluding hydrogens is 278 g/mol. The largest absolute Gasteiger partial charge is 0.478 e. The lowest BCUT2D eigenvalue weighted by molar-refractivity contribution is -0.131. The molecule has 1 rings (SSSR count). The summed E-state index contributed by atoms with van der Waals surface area (Å²) < 4.78 is 4.89. The fourth-order valence-corrected chi connectivity index (χ4v) is 1.40. The second-order valence-electron chi connectivity index (χ2n) is 3.89. The van der Waals surface area contributed by atoms with Crippen molar-refractivity contribution in [3.63, 3.8) is 0 Å². The first-order valence-electron chi connectivity index (χ1n) is 6.01. The summed E-state index contributed by atoms with van der Waals surface area (Å²) in [4.78, 5) is 36.7. The summed E-state index contributed by atoms with van der Waals surface area (Å²) in [5.41, 5.74) is 5.37. The van der Waals surface area contributed by atoms with E-state index in [1.165, 1.54) is 12.3 Å². The smallest absolute Gasteiger partial charge is 0.328 e. The molecule has 0 aliphatic rings. The molecule has 0 saturated carbocycles. The van der Waals surface area contributed by atoms with Crippen molar-refractivity contribution >= 4 is 23.9 Å². The lowest BCUT2D eigenvalue weighted by Crippen LogP contribution is -2.29. The van der Waals surface area contributed by atoms with E-state index in [2.05, 4.69) is 10.3 Å². The monoisotopic (exact) mass is 293 g/mol. The SMILES string of the molecule is NC(=O)COCCNC(=O)c1ncccc1/C=C/C(=O)O. The maximum absolute atomic E-state index is 11.9. The Morgan fingerprint density at radius 1 is 1.43 bits per heavy atom. The van der Waals surface area contributed by atoms with Gasteiger partial charge in [0.1, 0.15) is 12.3 Å². The molecule has 0 aliphatic carbocycles. The van der Waals surface area contributed by atoms with Gasteiger partial charge in [0.25, 0.3) is 5.91 Å². The summed E-state index contributed by atoms with van der Waals surface area (Å²) in [6, 6.07) is 3.17. The molecule has 112 valence electrons. The fourth-order valence-electron chi connectivity index (χ4n) is 1.40. The molecule has 0 bridgehead atoms. The molecule has 0 saturated heterocycles. The summed E-state index contributed by atoms with van der Waals surface area (Å²) in [5, 5.41) is 11.1. The Kier molecular flexibility index (Phi) is 6.55. The minimum atomic E-state index is -1.12. The van der Waals surface area contributed by atoms with Crippen LogP contribution in [0.2, 0.25) is 0 Å². The van der Waals surface area contributed by atoms with E-state index in [1.807, 2.05) is 0 Å². The van der Waals surface area contributed by atoms with Gasteiger partial charge < -0.3 is 20.9 Å². The van der Waals surface area contributed by atoms with Crippen molar-refractivity contribution in [2.75, 3.05) is 19.8 Å². The Bertz CT molecular complexity index is 556. The van der Waals surface area contributed by atoms with Crippen molar-refractivity contribution in [2.45, 2.75) is 0 Å². The molecule has 4 N–H and O–H groups in total. The number of carbonyl (C=O) groups is 3. The third-order valence-electron chi connectivity index (χ3n) is 2.24. The molecule has 21 heavy (non-hydrogen) atoms. The van der Waals surface area contributed by atoms with Crippen LogP contribution in [0.5, 0.6) is 0 Å². The number of carbonyl (C=O) groups excluding carboxylic acids is 2. The number of nitrogens with one attached hydrogen (secondary N) is 1. The van der Waals surface area contributed by atoms with Crippen LogP contribution in [0.3, 0.4) is 0 Å². The third-order valence-corrected chi connectivity index (χ3v) is 2.24. The van der Waals surface area contributed by atoms with Gasteiger partial charge in [-0.25, -0.2) is 4.79 Å². The van der Waals surface area contributed by atoms with Crippen LogP contribution in [0.15, 0.2) is 24.4 Å². The minimum Gasteiger partial charge on any atom is -0.478 e. The molecule has 0 atom stereocenters. The molecule has 0 unspecified atom stereocenters. The molecule has 1 heterocycles. The predicted octanol–water partition coefficient (Wildman–Crippen LogP) is -0.589. The van der Waals surface area contributed by atoms with Crippen LogP contribution in [0.25, 0.3) is 6.08 Å². The molecule has 8 nitrogen and oxygen atoms in total. The number of pyridine rings is 1. The van der Waals surface area contributed by atoms with Crippen molar-refractivity contribution in [2.24, 2.45) is 5.73 Å². The van der Waals surface area contributed by atoms with Gasteiger partial charge in [-0.15, -0.1) is 0 Å². The van der Waals surface area contributed by atoms with Crippen molar-refractivity contribution in [1.29, 1.82) is 0 Å². The average molecular weight is 293 g/mol. The van der Waals surface area contributed by atoms with Gasteiger partial charge >= 0.3 is 5.97 Å². The Balaban J connectivity index is 2.57. The summed E-state index contributed by atoms with van der Waals surface area (Å²) in [6.45, 7) is 0.0820. The van der Waals surface area contributed by atoms with E-state index < -0.39 is 17.8 Å². The number of primary amides is 1. The lowest BCUT2D eigenvalue weighted by atomic mass is 10.1. The maximum Gasteiger partial charge on any atom is 0.328 e. The lowest BCUT2D eigenvalue weighted by Gasteiger charge is -2.07. The van der Waals surface area contributed by atoms with Gasteiger partial charge in [-0.1, -0.05) is 6.07 Å². The Hall–Kier alpha value is -2.74. The first kappa shape index (κ1) is 16.3. The topological polar surface area (TPSA) is 132 Å². The highest BCUT2D eigenvalue weighted by atomic mass is 16.5. The molecule has 0 spiro atoms. The molecule has 0 aromatic carbocycles. The number of amides is 2. The molecule has 0 radical (unpaired) electrons. The number of aliphatic carboxylic acids is 1. The van der Waals surface area contributed by atoms with E-state index in [9.17, 15) is 14.4 Å². The highest BCUT2D eigenvalue weighted by Crippen LogP contribution is 2.07. The normalized spacial score (nSPS) is 10.5. The molecular formula is C13H15N3O5. The number of ether oxygens (including phenoxy) is 1. The van der Waals surface area contributed by atoms with Crippen LogP contribution < -0.4 is 11.1 Å². The number of aromatic nitrogens is 1. The van der Waals surface area contributed by atoms with Gasteiger partial charge in [0.05, 0.1) is 6.61 Å². The van der Waals surface area contributed by atoms with E-state index in [4.69, 9.17) is 15.6 Å². The van der Waals surface area contributed by atoms with Crippen LogP contribution >= 0.6 is 0 Å². The van der Waals surface area contributed by atoms with Crippen LogP contribution in [0.4, 0.5) is 0 Å².